The van der Waals surface area contributed by atoms with Crippen molar-refractivity contribution in [3.05, 3.63) is 35.6 Å². The van der Waals surface area contributed by atoms with E-state index < -0.39 is 0 Å². The Balaban J connectivity index is 1.85. The molecular weight excluding hydrogens is 226 g/mol. The Kier molecular flexibility index (Phi) is 2.92. The number of Topliss-reactive ketones (excluding diaryl/α,β-unsaturated/α-hetero) is 1. The first-order chi connectivity index (χ1) is 8.74. The Hall–Kier alpha value is -1.61. The highest BCUT2D eigenvalue weighted by Crippen LogP contribution is 2.25. The lowest BCUT2D eigenvalue weighted by Gasteiger charge is -2.04. The summed E-state index contributed by atoms with van der Waals surface area (Å²) in [6.45, 7) is 3.98. The van der Waals surface area contributed by atoms with Gasteiger partial charge in [-0.15, -0.1) is 0 Å². The molecule has 1 N–H and O–H groups in total. The zero-order valence-electron chi connectivity index (χ0n) is 10.5. The second-order valence-corrected chi connectivity index (χ2v) is 5.09. The molecule has 1 unspecified atom stereocenters. The molecule has 3 nitrogen and oxygen atoms in total. The minimum absolute atomic E-state index is 0.124. The van der Waals surface area contributed by atoms with Crippen LogP contribution in [0.3, 0.4) is 0 Å². The molecule has 0 bridgehead atoms. The maximum atomic E-state index is 12.2. The summed E-state index contributed by atoms with van der Waals surface area (Å²) in [4.78, 5) is 12.2. The molecule has 0 spiro atoms. The molecule has 1 aliphatic heterocycles. The number of fused-ring (bicyclic) bond motifs is 1. The molecule has 0 amide bonds. The highest BCUT2D eigenvalue weighted by Gasteiger charge is 2.21. The first-order valence-corrected chi connectivity index (χ1v) is 6.47. The Labute approximate surface area is 106 Å². The van der Waals surface area contributed by atoms with E-state index in [9.17, 15) is 4.79 Å². The molecule has 3 heteroatoms. The van der Waals surface area contributed by atoms with Crippen molar-refractivity contribution in [3.63, 3.8) is 0 Å². The van der Waals surface area contributed by atoms with E-state index in [-0.39, 0.29) is 5.78 Å². The number of nitrogens with one attached hydrogen (secondary N) is 1. The summed E-state index contributed by atoms with van der Waals surface area (Å²) in [5.74, 6) is 1.09. The van der Waals surface area contributed by atoms with E-state index in [2.05, 4.69) is 5.32 Å². The van der Waals surface area contributed by atoms with E-state index in [0.29, 0.717) is 18.1 Å². The van der Waals surface area contributed by atoms with E-state index in [0.717, 1.165) is 36.0 Å². The van der Waals surface area contributed by atoms with Crippen molar-refractivity contribution in [2.75, 3.05) is 13.1 Å². The predicted molar refractivity (Wildman–Crippen MR) is 70.9 cm³/mol. The molecule has 1 fully saturated rings. The van der Waals surface area contributed by atoms with Crippen molar-refractivity contribution in [2.24, 2.45) is 5.92 Å². The maximum Gasteiger partial charge on any atom is 0.198 e. The van der Waals surface area contributed by atoms with Gasteiger partial charge in [0.15, 0.2) is 11.5 Å². The molecule has 94 valence electrons. The normalized spacial score (nSPS) is 19.5. The van der Waals surface area contributed by atoms with Crippen LogP contribution in [0.1, 0.15) is 29.0 Å². The van der Waals surface area contributed by atoms with E-state index in [4.69, 9.17) is 4.42 Å². The van der Waals surface area contributed by atoms with Crippen molar-refractivity contribution in [3.8, 4) is 0 Å². The van der Waals surface area contributed by atoms with Gasteiger partial charge in [-0.05, 0) is 44.0 Å². The Morgan fingerprint density at radius 2 is 2.39 bits per heavy atom. The second-order valence-electron chi connectivity index (χ2n) is 5.09. The molecule has 1 saturated heterocycles. The number of carbonyl (C=O) groups excluding carboxylic acids is 1. The van der Waals surface area contributed by atoms with Crippen molar-refractivity contribution in [1.29, 1.82) is 0 Å². The fraction of sp³-hybridized carbons (Fsp3) is 0.400. The number of furan rings is 1. The summed E-state index contributed by atoms with van der Waals surface area (Å²) in [6.07, 6.45) is 1.68. The molecule has 18 heavy (non-hydrogen) atoms. The van der Waals surface area contributed by atoms with Crippen LogP contribution in [0.15, 0.2) is 28.7 Å². The van der Waals surface area contributed by atoms with Gasteiger partial charge in [-0.1, -0.05) is 18.2 Å². The summed E-state index contributed by atoms with van der Waals surface area (Å²) in [5, 5.41) is 4.30. The van der Waals surface area contributed by atoms with E-state index in [1.54, 1.807) is 0 Å². The summed E-state index contributed by atoms with van der Waals surface area (Å²) in [5.41, 5.74) is 1.92. The van der Waals surface area contributed by atoms with E-state index in [1.807, 2.05) is 31.2 Å². The van der Waals surface area contributed by atoms with E-state index >= 15 is 0 Å². The van der Waals surface area contributed by atoms with E-state index in [1.165, 1.54) is 0 Å². The lowest BCUT2D eigenvalue weighted by atomic mass is 10.0. The molecular formula is C15H17NO2. The van der Waals surface area contributed by atoms with Gasteiger partial charge in [0, 0.05) is 11.8 Å². The highest BCUT2D eigenvalue weighted by molar-refractivity contribution is 5.98. The highest BCUT2D eigenvalue weighted by atomic mass is 16.3. The Morgan fingerprint density at radius 3 is 3.11 bits per heavy atom. The van der Waals surface area contributed by atoms with Crippen molar-refractivity contribution in [2.45, 2.75) is 19.8 Å². The molecule has 2 aromatic rings. The number of aryl methyl sites for hydroxylation is 1. The average molecular weight is 243 g/mol. The minimum atomic E-state index is 0.124. The molecule has 1 aliphatic rings. The minimum Gasteiger partial charge on any atom is -0.453 e. The second kappa shape index (κ2) is 4.58. The molecule has 1 aromatic carbocycles. The van der Waals surface area contributed by atoms with Crippen LogP contribution >= 0.6 is 0 Å². The third-order valence-electron chi connectivity index (χ3n) is 3.65. The van der Waals surface area contributed by atoms with Crippen LogP contribution in [0, 0.1) is 12.8 Å². The number of rotatable bonds is 3. The van der Waals surface area contributed by atoms with Gasteiger partial charge in [-0.2, -0.15) is 0 Å². The Morgan fingerprint density at radius 1 is 1.50 bits per heavy atom. The molecule has 1 atom stereocenters. The van der Waals surface area contributed by atoms with Gasteiger partial charge >= 0.3 is 0 Å². The van der Waals surface area contributed by atoms with Crippen LogP contribution in [-0.4, -0.2) is 18.9 Å². The number of hydrogen-bond acceptors (Lipinski definition) is 3. The zero-order chi connectivity index (χ0) is 12.5. The van der Waals surface area contributed by atoms with Crippen LogP contribution in [0.25, 0.3) is 11.0 Å². The van der Waals surface area contributed by atoms with Gasteiger partial charge in [0.2, 0.25) is 0 Å². The van der Waals surface area contributed by atoms with Gasteiger partial charge in [0.05, 0.1) is 0 Å². The third-order valence-corrected chi connectivity index (χ3v) is 3.65. The third kappa shape index (κ3) is 2.06. The number of ketones is 1. The van der Waals surface area contributed by atoms with Gasteiger partial charge in [-0.25, -0.2) is 0 Å². The van der Waals surface area contributed by atoms with Crippen LogP contribution < -0.4 is 5.32 Å². The van der Waals surface area contributed by atoms with Gasteiger partial charge in [0.1, 0.15) is 5.58 Å². The summed E-state index contributed by atoms with van der Waals surface area (Å²) < 4.78 is 5.70. The topological polar surface area (TPSA) is 42.2 Å². The van der Waals surface area contributed by atoms with Crippen molar-refractivity contribution >= 4 is 16.8 Å². The molecule has 0 aliphatic carbocycles. The maximum absolute atomic E-state index is 12.2. The summed E-state index contributed by atoms with van der Waals surface area (Å²) >= 11 is 0. The predicted octanol–water partition coefficient (Wildman–Crippen LogP) is 2.92. The molecule has 0 saturated carbocycles. The smallest absolute Gasteiger partial charge is 0.198 e. The fourth-order valence-electron chi connectivity index (χ4n) is 2.60. The van der Waals surface area contributed by atoms with Crippen LogP contribution in [0.2, 0.25) is 0 Å². The quantitative estimate of drug-likeness (QED) is 0.843. The lowest BCUT2D eigenvalue weighted by molar-refractivity contribution is 0.0939. The van der Waals surface area contributed by atoms with Gasteiger partial charge in [0.25, 0.3) is 0 Å². The number of para-hydroxylation sites is 1. The van der Waals surface area contributed by atoms with Gasteiger partial charge < -0.3 is 9.73 Å². The number of carbonyl (C=O) groups is 1. The van der Waals surface area contributed by atoms with Crippen molar-refractivity contribution in [1.82, 2.24) is 5.32 Å². The molecule has 0 radical (unpaired) electrons. The molecule has 2 heterocycles. The first kappa shape index (κ1) is 11.5. The SMILES string of the molecule is Cc1cccc2cc(C(=O)CC3CCNC3)oc12. The fourth-order valence-corrected chi connectivity index (χ4v) is 2.60. The van der Waals surface area contributed by atoms with Crippen LogP contribution in [0.5, 0.6) is 0 Å². The summed E-state index contributed by atoms with van der Waals surface area (Å²) in [7, 11) is 0. The standard InChI is InChI=1S/C15H17NO2/c1-10-3-2-4-12-8-14(18-15(10)12)13(17)7-11-5-6-16-9-11/h2-4,8,11,16H,5-7,9H2,1H3. The largest absolute Gasteiger partial charge is 0.453 e. The molecule has 1 aromatic heterocycles. The first-order valence-electron chi connectivity index (χ1n) is 6.47. The molecule has 3 rings (SSSR count). The van der Waals surface area contributed by atoms with Crippen LogP contribution in [0.4, 0.5) is 0 Å². The zero-order valence-corrected chi connectivity index (χ0v) is 10.5. The lowest BCUT2D eigenvalue weighted by Crippen LogP contribution is -2.12. The van der Waals surface area contributed by atoms with Gasteiger partial charge in [-0.3, -0.25) is 4.79 Å². The Bertz CT molecular complexity index is 579. The number of benzene rings is 1. The summed E-state index contributed by atoms with van der Waals surface area (Å²) in [6, 6.07) is 7.84. The number of hydrogen-bond donors (Lipinski definition) is 1. The van der Waals surface area contributed by atoms with Crippen LogP contribution in [-0.2, 0) is 0 Å². The average Bonchev–Trinajstić information content (AvgIpc) is 2.97. The van der Waals surface area contributed by atoms with Crippen molar-refractivity contribution < 1.29 is 9.21 Å². The monoisotopic (exact) mass is 243 g/mol.